The van der Waals surface area contributed by atoms with Crippen LogP contribution in [-0.4, -0.2) is 22.6 Å². The van der Waals surface area contributed by atoms with Crippen LogP contribution in [0.15, 0.2) is 12.5 Å². The Kier molecular flexibility index (Phi) is 2.11. The molecular formula is C10H19NO. The lowest BCUT2D eigenvalue weighted by molar-refractivity contribution is 0.146. The first kappa shape index (κ1) is 9.43. The first-order valence-electron chi connectivity index (χ1n) is 4.49. The molecule has 2 heteroatoms. The van der Waals surface area contributed by atoms with E-state index in [0.717, 1.165) is 5.88 Å². The van der Waals surface area contributed by atoms with Crippen molar-refractivity contribution in [2.24, 2.45) is 0 Å². The van der Waals surface area contributed by atoms with E-state index in [1.807, 2.05) is 0 Å². The highest BCUT2D eigenvalue weighted by atomic mass is 16.5. The molecule has 1 saturated heterocycles. The van der Waals surface area contributed by atoms with Gasteiger partial charge >= 0.3 is 0 Å². The quantitative estimate of drug-likeness (QED) is 0.552. The summed E-state index contributed by atoms with van der Waals surface area (Å²) in [7, 11) is 0. The molecule has 0 aliphatic carbocycles. The fourth-order valence-corrected chi connectivity index (χ4v) is 1.79. The normalized spacial score (nSPS) is 30.8. The average molecular weight is 169 g/mol. The third-order valence-corrected chi connectivity index (χ3v) is 2.40. The third-order valence-electron chi connectivity index (χ3n) is 2.40. The second-order valence-corrected chi connectivity index (χ2v) is 4.50. The number of hydrogen-bond donors (Lipinski definition) is 0. The van der Waals surface area contributed by atoms with Crippen LogP contribution in [0.1, 0.15) is 34.6 Å². The van der Waals surface area contributed by atoms with Crippen molar-refractivity contribution in [3.63, 3.8) is 0 Å². The minimum absolute atomic E-state index is 0.112. The van der Waals surface area contributed by atoms with Crippen LogP contribution in [0.25, 0.3) is 0 Å². The molecule has 0 unspecified atom stereocenters. The lowest BCUT2D eigenvalue weighted by Gasteiger charge is -2.35. The van der Waals surface area contributed by atoms with Crippen molar-refractivity contribution in [2.75, 3.05) is 0 Å². The van der Waals surface area contributed by atoms with Gasteiger partial charge in [-0.2, -0.15) is 0 Å². The SMILES string of the molecule is C=C1O[C@@H](C)[C@@H](C)N1C(C)(C)C. The van der Waals surface area contributed by atoms with E-state index in [9.17, 15) is 0 Å². The van der Waals surface area contributed by atoms with Gasteiger partial charge in [-0.3, -0.25) is 0 Å². The Morgan fingerprint density at radius 3 is 2.00 bits per heavy atom. The standard InChI is InChI=1S/C10H19NO/c1-7-8(2)12-9(3)11(7)10(4,5)6/h7-8H,3H2,1-2,4-6H3/t7-,8+/m1/s1. The lowest BCUT2D eigenvalue weighted by atomic mass is 10.0. The molecule has 1 aliphatic rings. The summed E-state index contributed by atoms with van der Waals surface area (Å²) in [5.74, 6) is 0.808. The summed E-state index contributed by atoms with van der Waals surface area (Å²) in [5.41, 5.74) is 0.112. The molecule has 0 bridgehead atoms. The van der Waals surface area contributed by atoms with Crippen LogP contribution in [0, 0.1) is 0 Å². The van der Waals surface area contributed by atoms with Gasteiger partial charge in [0.2, 0.25) is 0 Å². The van der Waals surface area contributed by atoms with E-state index in [2.05, 4.69) is 46.1 Å². The van der Waals surface area contributed by atoms with Gasteiger partial charge < -0.3 is 9.64 Å². The molecule has 0 radical (unpaired) electrons. The minimum Gasteiger partial charge on any atom is -0.474 e. The van der Waals surface area contributed by atoms with Crippen molar-refractivity contribution >= 4 is 0 Å². The Balaban J connectivity index is 2.84. The molecule has 2 nitrogen and oxygen atoms in total. The molecule has 0 aromatic heterocycles. The fraction of sp³-hybridized carbons (Fsp3) is 0.800. The molecule has 2 atom stereocenters. The molecule has 0 aromatic carbocycles. The Morgan fingerprint density at radius 1 is 1.33 bits per heavy atom. The molecule has 1 heterocycles. The summed E-state index contributed by atoms with van der Waals surface area (Å²) in [6.45, 7) is 14.7. The summed E-state index contributed by atoms with van der Waals surface area (Å²) in [6.07, 6.45) is 0.261. The molecule has 70 valence electrons. The fourth-order valence-electron chi connectivity index (χ4n) is 1.79. The smallest absolute Gasteiger partial charge is 0.183 e. The van der Waals surface area contributed by atoms with Gasteiger partial charge in [0.15, 0.2) is 5.88 Å². The van der Waals surface area contributed by atoms with Crippen molar-refractivity contribution in [1.82, 2.24) is 4.90 Å². The van der Waals surface area contributed by atoms with E-state index in [1.165, 1.54) is 0 Å². The van der Waals surface area contributed by atoms with Gasteiger partial charge in [0.1, 0.15) is 6.10 Å². The zero-order chi connectivity index (χ0) is 9.52. The van der Waals surface area contributed by atoms with Crippen molar-refractivity contribution in [3.05, 3.63) is 12.5 Å². The predicted octanol–water partition coefficient (Wildman–Crippen LogP) is 2.37. The highest BCUT2D eigenvalue weighted by Crippen LogP contribution is 2.31. The molecule has 0 spiro atoms. The van der Waals surface area contributed by atoms with Crippen LogP contribution in [0.4, 0.5) is 0 Å². The summed E-state index contributed by atoms with van der Waals surface area (Å²) in [6, 6.07) is 0.428. The van der Waals surface area contributed by atoms with Gasteiger partial charge in [0.25, 0.3) is 0 Å². The van der Waals surface area contributed by atoms with E-state index in [1.54, 1.807) is 0 Å². The van der Waals surface area contributed by atoms with E-state index in [4.69, 9.17) is 4.74 Å². The monoisotopic (exact) mass is 169 g/mol. The molecule has 0 saturated carbocycles. The lowest BCUT2D eigenvalue weighted by Crippen LogP contribution is -2.44. The van der Waals surface area contributed by atoms with Gasteiger partial charge in [-0.25, -0.2) is 0 Å². The van der Waals surface area contributed by atoms with Gasteiger partial charge in [-0.15, -0.1) is 0 Å². The first-order valence-corrected chi connectivity index (χ1v) is 4.49. The van der Waals surface area contributed by atoms with Crippen LogP contribution >= 0.6 is 0 Å². The second kappa shape index (κ2) is 2.68. The van der Waals surface area contributed by atoms with Gasteiger partial charge in [0.05, 0.1) is 6.04 Å². The first-order chi connectivity index (χ1) is 5.34. The van der Waals surface area contributed by atoms with Gasteiger partial charge in [-0.05, 0) is 41.2 Å². The van der Waals surface area contributed by atoms with Crippen LogP contribution in [-0.2, 0) is 4.74 Å². The van der Waals surface area contributed by atoms with Crippen molar-refractivity contribution in [1.29, 1.82) is 0 Å². The van der Waals surface area contributed by atoms with E-state index < -0.39 is 0 Å². The minimum atomic E-state index is 0.112. The topological polar surface area (TPSA) is 12.5 Å². The number of hydrogen-bond acceptors (Lipinski definition) is 2. The maximum Gasteiger partial charge on any atom is 0.183 e. The second-order valence-electron chi connectivity index (χ2n) is 4.50. The molecular weight excluding hydrogens is 150 g/mol. The predicted molar refractivity (Wildman–Crippen MR) is 50.7 cm³/mol. The van der Waals surface area contributed by atoms with Gasteiger partial charge in [-0.1, -0.05) is 0 Å². The van der Waals surface area contributed by atoms with Crippen LogP contribution in [0.2, 0.25) is 0 Å². The van der Waals surface area contributed by atoms with E-state index >= 15 is 0 Å². The Hall–Kier alpha value is -0.660. The van der Waals surface area contributed by atoms with Crippen LogP contribution in [0.5, 0.6) is 0 Å². The molecule has 1 rings (SSSR count). The van der Waals surface area contributed by atoms with Crippen LogP contribution < -0.4 is 0 Å². The van der Waals surface area contributed by atoms with E-state index in [0.29, 0.717) is 6.04 Å². The maximum absolute atomic E-state index is 5.54. The summed E-state index contributed by atoms with van der Waals surface area (Å²) in [4.78, 5) is 2.23. The van der Waals surface area contributed by atoms with Crippen LogP contribution in [0.3, 0.4) is 0 Å². The number of rotatable bonds is 0. The number of nitrogens with zero attached hydrogens (tertiary/aromatic N) is 1. The number of ether oxygens (including phenoxy) is 1. The zero-order valence-corrected chi connectivity index (χ0v) is 8.72. The Bertz CT molecular complexity index is 193. The van der Waals surface area contributed by atoms with Crippen molar-refractivity contribution in [2.45, 2.75) is 52.3 Å². The molecule has 1 aliphatic heterocycles. The molecule has 0 N–H and O–H groups in total. The van der Waals surface area contributed by atoms with Crippen molar-refractivity contribution in [3.8, 4) is 0 Å². The largest absolute Gasteiger partial charge is 0.474 e. The molecule has 0 aromatic rings. The third kappa shape index (κ3) is 1.43. The molecule has 12 heavy (non-hydrogen) atoms. The van der Waals surface area contributed by atoms with E-state index in [-0.39, 0.29) is 11.6 Å². The molecule has 1 fully saturated rings. The maximum atomic E-state index is 5.54. The average Bonchev–Trinajstić information content (AvgIpc) is 2.05. The van der Waals surface area contributed by atoms with Crippen molar-refractivity contribution < 1.29 is 4.74 Å². The Morgan fingerprint density at radius 2 is 1.83 bits per heavy atom. The Labute approximate surface area is 75.2 Å². The summed E-state index contributed by atoms with van der Waals surface area (Å²) >= 11 is 0. The highest BCUT2D eigenvalue weighted by molar-refractivity contribution is 5.02. The van der Waals surface area contributed by atoms with Gasteiger partial charge in [0, 0.05) is 5.54 Å². The highest BCUT2D eigenvalue weighted by Gasteiger charge is 2.37. The summed E-state index contributed by atoms with van der Waals surface area (Å²) < 4.78 is 5.54. The zero-order valence-electron chi connectivity index (χ0n) is 8.72. The summed E-state index contributed by atoms with van der Waals surface area (Å²) in [5, 5.41) is 0. The molecule has 0 amide bonds.